The molecule has 6 nitrogen and oxygen atoms in total. The predicted octanol–water partition coefficient (Wildman–Crippen LogP) is 5.94. The van der Waals surface area contributed by atoms with Crippen LogP contribution in [0.3, 0.4) is 0 Å². The Kier molecular flexibility index (Phi) is 7.33. The molecular weight excluding hydrogens is 426 g/mol. The van der Waals surface area contributed by atoms with Crippen molar-refractivity contribution in [3.8, 4) is 0 Å². The number of para-hydroxylation sites is 2. The highest BCUT2D eigenvalue weighted by Gasteiger charge is 2.44. The highest BCUT2D eigenvalue weighted by Crippen LogP contribution is 2.44. The summed E-state index contributed by atoms with van der Waals surface area (Å²) in [6, 6.07) is 9.18. The Morgan fingerprint density at radius 2 is 1.32 bits per heavy atom. The molecule has 3 aliphatic rings. The number of carboxylic acids is 1. The maximum absolute atomic E-state index is 13.3. The number of hydrogen-bond acceptors (Lipinski definition) is 4. The SMILES string of the molecule is O=C(O)c1nc2ccccc2n(C2C[C@H]3CC[C@@H](C2)N3C2CCCCCCCCCCC2)c1=O. The minimum atomic E-state index is -1.24. The van der Waals surface area contributed by atoms with Crippen molar-refractivity contribution in [2.75, 3.05) is 0 Å². The van der Waals surface area contributed by atoms with Crippen LogP contribution in [0.15, 0.2) is 29.1 Å². The Labute approximate surface area is 202 Å². The lowest BCUT2D eigenvalue weighted by Gasteiger charge is -2.44. The first-order valence-electron chi connectivity index (χ1n) is 13.7. The lowest BCUT2D eigenvalue weighted by Crippen LogP contribution is -2.50. The van der Waals surface area contributed by atoms with E-state index in [4.69, 9.17) is 0 Å². The van der Waals surface area contributed by atoms with Gasteiger partial charge in [-0.15, -0.1) is 0 Å². The van der Waals surface area contributed by atoms with Crippen molar-refractivity contribution < 1.29 is 9.90 Å². The van der Waals surface area contributed by atoms with Crippen LogP contribution in [-0.4, -0.2) is 43.7 Å². The number of aromatic carboxylic acids is 1. The molecule has 6 heteroatoms. The Bertz CT molecular complexity index is 1040. The third kappa shape index (κ3) is 4.79. The lowest BCUT2D eigenvalue weighted by molar-refractivity contribution is 0.0511. The van der Waals surface area contributed by atoms with Crippen molar-refractivity contribution in [2.24, 2.45) is 0 Å². The third-order valence-corrected chi connectivity index (χ3v) is 8.62. The largest absolute Gasteiger partial charge is 0.476 e. The Morgan fingerprint density at radius 3 is 1.91 bits per heavy atom. The molecule has 34 heavy (non-hydrogen) atoms. The number of piperidine rings is 1. The van der Waals surface area contributed by atoms with Crippen LogP contribution < -0.4 is 5.56 Å². The van der Waals surface area contributed by atoms with Gasteiger partial charge in [0.05, 0.1) is 11.0 Å². The molecule has 0 amide bonds. The molecule has 3 fully saturated rings. The quantitative estimate of drug-likeness (QED) is 0.607. The van der Waals surface area contributed by atoms with Gasteiger partial charge in [0.1, 0.15) is 0 Å². The van der Waals surface area contributed by atoms with Crippen molar-refractivity contribution in [3.05, 3.63) is 40.3 Å². The number of hydrogen-bond donors (Lipinski definition) is 1. The summed E-state index contributed by atoms with van der Waals surface area (Å²) < 4.78 is 1.77. The molecule has 3 heterocycles. The van der Waals surface area contributed by atoms with E-state index in [1.165, 1.54) is 83.5 Å². The lowest BCUT2D eigenvalue weighted by atomic mass is 9.90. The molecule has 1 N–H and O–H groups in total. The standard InChI is InChI=1S/C28H39N3O3/c32-27-26(28(33)34)29-24-14-10-11-15-25(24)31(27)23-18-21-16-17-22(19-23)30(21)20-12-8-6-4-2-1-3-5-7-9-13-20/h10-11,14-15,20-23H,1-9,12-13,16-19H2,(H,33,34)/t21-,22+,23?. The zero-order valence-corrected chi connectivity index (χ0v) is 20.3. The van der Waals surface area contributed by atoms with Crippen LogP contribution in [0.5, 0.6) is 0 Å². The third-order valence-electron chi connectivity index (χ3n) is 8.62. The summed E-state index contributed by atoms with van der Waals surface area (Å²) in [6.45, 7) is 0. The van der Waals surface area contributed by atoms with E-state index in [1.54, 1.807) is 4.57 Å². The Balaban J connectivity index is 1.39. The smallest absolute Gasteiger partial charge is 0.360 e. The molecule has 0 radical (unpaired) electrons. The zero-order valence-electron chi connectivity index (χ0n) is 20.3. The van der Waals surface area contributed by atoms with Crippen LogP contribution >= 0.6 is 0 Å². The van der Waals surface area contributed by atoms with Crippen molar-refractivity contribution >= 4 is 17.0 Å². The molecule has 1 unspecified atom stereocenters. The van der Waals surface area contributed by atoms with E-state index in [2.05, 4.69) is 9.88 Å². The monoisotopic (exact) mass is 465 g/mol. The molecule has 1 aliphatic carbocycles. The summed E-state index contributed by atoms with van der Waals surface area (Å²) >= 11 is 0. The highest BCUT2D eigenvalue weighted by atomic mass is 16.4. The van der Waals surface area contributed by atoms with Gasteiger partial charge in [-0.05, 0) is 50.7 Å². The van der Waals surface area contributed by atoms with Gasteiger partial charge in [0.2, 0.25) is 5.69 Å². The van der Waals surface area contributed by atoms with Gasteiger partial charge in [0.25, 0.3) is 5.56 Å². The van der Waals surface area contributed by atoms with E-state index in [0.29, 0.717) is 23.6 Å². The van der Waals surface area contributed by atoms with Crippen LogP contribution in [0.2, 0.25) is 0 Å². The molecule has 2 aliphatic heterocycles. The average molecular weight is 466 g/mol. The molecule has 2 saturated heterocycles. The van der Waals surface area contributed by atoms with Crippen molar-refractivity contribution in [2.45, 2.75) is 120 Å². The molecule has 1 aromatic carbocycles. The van der Waals surface area contributed by atoms with Crippen LogP contribution in [0.4, 0.5) is 0 Å². The van der Waals surface area contributed by atoms with Crippen molar-refractivity contribution in [1.82, 2.24) is 14.5 Å². The van der Waals surface area contributed by atoms with E-state index >= 15 is 0 Å². The maximum atomic E-state index is 13.3. The summed E-state index contributed by atoms with van der Waals surface area (Å²) in [5.41, 5.74) is 0.554. The van der Waals surface area contributed by atoms with Gasteiger partial charge >= 0.3 is 5.97 Å². The number of fused-ring (bicyclic) bond motifs is 3. The molecule has 184 valence electrons. The van der Waals surface area contributed by atoms with Crippen LogP contribution in [0, 0.1) is 0 Å². The second kappa shape index (κ2) is 10.6. The maximum Gasteiger partial charge on any atom is 0.360 e. The summed E-state index contributed by atoms with van der Waals surface area (Å²) in [4.78, 5) is 32.1. The van der Waals surface area contributed by atoms with Crippen LogP contribution in [0.1, 0.15) is 113 Å². The van der Waals surface area contributed by atoms with Gasteiger partial charge in [-0.2, -0.15) is 0 Å². The van der Waals surface area contributed by atoms with E-state index in [0.717, 1.165) is 18.4 Å². The Hall–Kier alpha value is -2.21. The number of aromatic nitrogens is 2. The summed E-state index contributed by atoms with van der Waals surface area (Å²) in [5.74, 6) is -1.24. The van der Waals surface area contributed by atoms with Gasteiger partial charge < -0.3 is 9.67 Å². The normalized spacial score (nSPS) is 27.8. The molecule has 0 spiro atoms. The number of nitrogens with zero attached hydrogens (tertiary/aromatic N) is 3. The average Bonchev–Trinajstić information content (AvgIpc) is 3.08. The van der Waals surface area contributed by atoms with E-state index in [9.17, 15) is 14.7 Å². The van der Waals surface area contributed by atoms with Crippen LogP contribution in [-0.2, 0) is 0 Å². The van der Waals surface area contributed by atoms with Crippen molar-refractivity contribution in [3.63, 3.8) is 0 Å². The van der Waals surface area contributed by atoms with Gasteiger partial charge in [0.15, 0.2) is 0 Å². The minimum absolute atomic E-state index is 0.0403. The first kappa shape index (κ1) is 23.5. The van der Waals surface area contributed by atoms with E-state index in [1.807, 2.05) is 24.3 Å². The molecule has 2 bridgehead atoms. The summed E-state index contributed by atoms with van der Waals surface area (Å²) in [6.07, 6.45) is 19.2. The number of benzene rings is 1. The molecule has 2 aromatic rings. The van der Waals surface area contributed by atoms with Gasteiger partial charge in [-0.1, -0.05) is 69.9 Å². The number of rotatable bonds is 3. The summed E-state index contributed by atoms with van der Waals surface area (Å²) in [7, 11) is 0. The van der Waals surface area contributed by atoms with E-state index in [-0.39, 0.29) is 11.7 Å². The first-order valence-corrected chi connectivity index (χ1v) is 13.7. The van der Waals surface area contributed by atoms with Crippen molar-refractivity contribution in [1.29, 1.82) is 0 Å². The van der Waals surface area contributed by atoms with Gasteiger partial charge in [-0.25, -0.2) is 9.78 Å². The topological polar surface area (TPSA) is 75.4 Å². The molecule has 5 rings (SSSR count). The first-order chi connectivity index (χ1) is 16.6. The fourth-order valence-electron chi connectivity index (χ4n) is 7.09. The Morgan fingerprint density at radius 1 is 0.765 bits per heavy atom. The molecular formula is C28H39N3O3. The molecule has 1 saturated carbocycles. The number of carboxylic acid groups (broad SMARTS) is 1. The fourth-order valence-corrected chi connectivity index (χ4v) is 7.09. The predicted molar refractivity (Wildman–Crippen MR) is 134 cm³/mol. The van der Waals surface area contributed by atoms with E-state index < -0.39 is 11.5 Å². The second-order valence-electron chi connectivity index (χ2n) is 10.8. The molecule has 3 atom stereocenters. The molecule has 1 aromatic heterocycles. The second-order valence-corrected chi connectivity index (χ2v) is 10.8. The number of carbonyl (C=O) groups is 1. The minimum Gasteiger partial charge on any atom is -0.476 e. The van der Waals surface area contributed by atoms with Gasteiger partial charge in [-0.3, -0.25) is 9.69 Å². The summed E-state index contributed by atoms with van der Waals surface area (Å²) in [5, 5.41) is 9.62. The fraction of sp³-hybridized carbons (Fsp3) is 0.679. The zero-order chi connectivity index (χ0) is 23.5. The highest BCUT2D eigenvalue weighted by molar-refractivity contribution is 5.88. The van der Waals surface area contributed by atoms with Crippen LogP contribution in [0.25, 0.3) is 11.0 Å². The van der Waals surface area contributed by atoms with Gasteiger partial charge in [0, 0.05) is 24.2 Å².